The first-order chi connectivity index (χ1) is 11.9. The molecule has 130 valence electrons. The first-order valence-corrected chi connectivity index (χ1v) is 7.17. The number of carbonyl (C=O) groups is 1. The van der Waals surface area contributed by atoms with E-state index in [9.17, 15) is 18.0 Å². The number of methoxy groups -OCH3 is 1. The third kappa shape index (κ3) is 2.67. The molecule has 0 radical (unpaired) electrons. The van der Waals surface area contributed by atoms with Crippen LogP contribution in [0.1, 0.15) is 5.56 Å². The SMILES string of the molecule is COC(=O)[C@@](Nc1ncccn1)(c1c[nH]c2ccccc12)C(F)(F)F. The van der Waals surface area contributed by atoms with E-state index in [1.807, 2.05) is 0 Å². The second kappa shape index (κ2) is 6.08. The molecule has 0 saturated heterocycles. The molecule has 0 bridgehead atoms. The van der Waals surface area contributed by atoms with Crippen LogP contribution < -0.4 is 5.32 Å². The van der Waals surface area contributed by atoms with Crippen LogP contribution in [0.25, 0.3) is 10.9 Å². The fourth-order valence-corrected chi connectivity index (χ4v) is 2.63. The first kappa shape index (κ1) is 16.7. The van der Waals surface area contributed by atoms with E-state index in [2.05, 4.69) is 25.0 Å². The summed E-state index contributed by atoms with van der Waals surface area (Å²) >= 11 is 0. The molecule has 1 atom stereocenters. The number of halogens is 3. The Morgan fingerprint density at radius 3 is 2.48 bits per heavy atom. The molecule has 2 heterocycles. The Labute approximate surface area is 140 Å². The summed E-state index contributed by atoms with van der Waals surface area (Å²) in [5.74, 6) is -1.87. The second-order valence-corrected chi connectivity index (χ2v) is 5.18. The summed E-state index contributed by atoms with van der Waals surface area (Å²) in [6.07, 6.45) is -1.36. The number of fused-ring (bicyclic) bond motifs is 1. The number of hydrogen-bond donors (Lipinski definition) is 2. The van der Waals surface area contributed by atoms with E-state index in [0.717, 1.165) is 13.3 Å². The van der Waals surface area contributed by atoms with E-state index in [0.29, 0.717) is 5.52 Å². The molecule has 3 aromatic rings. The number of aromatic nitrogens is 3. The van der Waals surface area contributed by atoms with Crippen LogP contribution in [-0.2, 0) is 15.1 Å². The lowest BCUT2D eigenvalue weighted by Crippen LogP contribution is -2.56. The van der Waals surface area contributed by atoms with Crippen LogP contribution in [0.2, 0.25) is 0 Å². The van der Waals surface area contributed by atoms with Gasteiger partial charge in [-0.25, -0.2) is 14.8 Å². The van der Waals surface area contributed by atoms with E-state index in [-0.39, 0.29) is 16.9 Å². The van der Waals surface area contributed by atoms with E-state index in [1.54, 1.807) is 18.2 Å². The number of esters is 1. The molecule has 0 unspecified atom stereocenters. The molecule has 9 heteroatoms. The highest BCUT2D eigenvalue weighted by Crippen LogP contribution is 2.44. The van der Waals surface area contributed by atoms with Crippen molar-refractivity contribution in [3.05, 3.63) is 54.5 Å². The molecule has 0 spiro atoms. The van der Waals surface area contributed by atoms with Crippen LogP contribution in [0, 0.1) is 0 Å². The number of anilines is 1. The number of rotatable bonds is 4. The van der Waals surface area contributed by atoms with Crippen molar-refractivity contribution in [1.29, 1.82) is 0 Å². The second-order valence-electron chi connectivity index (χ2n) is 5.18. The number of para-hydroxylation sites is 1. The number of benzene rings is 1. The van der Waals surface area contributed by atoms with Gasteiger partial charge in [-0.1, -0.05) is 18.2 Å². The number of carbonyl (C=O) groups excluding carboxylic acids is 1. The number of aromatic amines is 1. The van der Waals surface area contributed by atoms with Gasteiger partial charge in [0.2, 0.25) is 5.95 Å². The quantitative estimate of drug-likeness (QED) is 0.707. The summed E-state index contributed by atoms with van der Waals surface area (Å²) in [5.41, 5.74) is -3.04. The molecule has 0 saturated carbocycles. The molecule has 2 N–H and O–H groups in total. The Morgan fingerprint density at radius 1 is 1.16 bits per heavy atom. The van der Waals surface area contributed by atoms with Crippen molar-refractivity contribution in [2.75, 3.05) is 12.4 Å². The lowest BCUT2D eigenvalue weighted by molar-refractivity contribution is -0.201. The van der Waals surface area contributed by atoms with Gasteiger partial charge in [0.15, 0.2) is 0 Å². The summed E-state index contributed by atoms with van der Waals surface area (Å²) in [7, 11) is 0.894. The van der Waals surface area contributed by atoms with E-state index in [4.69, 9.17) is 0 Å². The molecule has 25 heavy (non-hydrogen) atoms. The van der Waals surface area contributed by atoms with Gasteiger partial charge in [0, 0.05) is 35.1 Å². The summed E-state index contributed by atoms with van der Waals surface area (Å²) in [4.78, 5) is 22.6. The zero-order valence-electron chi connectivity index (χ0n) is 13.0. The van der Waals surface area contributed by atoms with Gasteiger partial charge >= 0.3 is 12.1 Å². The molecule has 0 fully saturated rings. The van der Waals surface area contributed by atoms with Gasteiger partial charge in [0.1, 0.15) is 0 Å². The maximum absolute atomic E-state index is 14.2. The van der Waals surface area contributed by atoms with Crippen LogP contribution in [0.4, 0.5) is 19.1 Å². The highest BCUT2D eigenvalue weighted by molar-refractivity contribution is 5.95. The molecule has 0 aliphatic carbocycles. The number of hydrogen-bond acceptors (Lipinski definition) is 5. The van der Waals surface area contributed by atoms with Crippen molar-refractivity contribution in [2.45, 2.75) is 11.7 Å². The average Bonchev–Trinajstić information content (AvgIpc) is 3.03. The Balaban J connectivity index is 2.29. The minimum Gasteiger partial charge on any atom is -0.467 e. The molecule has 0 amide bonds. The van der Waals surface area contributed by atoms with E-state index < -0.39 is 17.7 Å². The number of alkyl halides is 3. The summed E-state index contributed by atoms with van der Waals surface area (Å²) in [6.45, 7) is 0. The topological polar surface area (TPSA) is 79.9 Å². The molecule has 0 aliphatic heterocycles. The summed E-state index contributed by atoms with van der Waals surface area (Å²) < 4.78 is 47.0. The fourth-order valence-electron chi connectivity index (χ4n) is 2.63. The first-order valence-electron chi connectivity index (χ1n) is 7.17. The Morgan fingerprint density at radius 2 is 1.84 bits per heavy atom. The third-order valence-corrected chi connectivity index (χ3v) is 3.78. The van der Waals surface area contributed by atoms with Crippen LogP contribution in [-0.4, -0.2) is 34.2 Å². The largest absolute Gasteiger partial charge is 0.467 e. The fraction of sp³-hybridized carbons (Fsp3) is 0.188. The molecule has 0 aliphatic rings. The smallest absolute Gasteiger partial charge is 0.426 e. The third-order valence-electron chi connectivity index (χ3n) is 3.78. The lowest BCUT2D eigenvalue weighted by Gasteiger charge is -2.33. The zero-order chi connectivity index (χ0) is 18.1. The summed E-state index contributed by atoms with van der Waals surface area (Å²) in [6, 6.07) is 7.79. The highest BCUT2D eigenvalue weighted by atomic mass is 19.4. The number of nitrogens with one attached hydrogen (secondary N) is 2. The van der Waals surface area contributed by atoms with Crippen molar-refractivity contribution in [1.82, 2.24) is 15.0 Å². The normalized spacial score (nSPS) is 14.1. The predicted molar refractivity (Wildman–Crippen MR) is 83.7 cm³/mol. The maximum Gasteiger partial charge on any atom is 0.426 e. The zero-order valence-corrected chi connectivity index (χ0v) is 13.0. The van der Waals surface area contributed by atoms with Crippen molar-refractivity contribution < 1.29 is 22.7 Å². The average molecular weight is 350 g/mol. The van der Waals surface area contributed by atoms with Gasteiger partial charge in [0.05, 0.1) is 7.11 Å². The molecule has 3 rings (SSSR count). The predicted octanol–water partition coefficient (Wildman–Crippen LogP) is 3.00. The van der Waals surface area contributed by atoms with Crippen molar-refractivity contribution >= 4 is 22.8 Å². The number of nitrogens with zero attached hydrogens (tertiary/aromatic N) is 2. The highest BCUT2D eigenvalue weighted by Gasteiger charge is 2.64. The minimum atomic E-state index is -5.02. The molecular weight excluding hydrogens is 337 g/mol. The number of ether oxygens (including phenoxy) is 1. The number of H-pyrrole nitrogens is 1. The van der Waals surface area contributed by atoms with Gasteiger partial charge in [-0.2, -0.15) is 13.2 Å². The van der Waals surface area contributed by atoms with Crippen LogP contribution in [0.15, 0.2) is 48.9 Å². The lowest BCUT2D eigenvalue weighted by atomic mass is 9.88. The van der Waals surface area contributed by atoms with Crippen LogP contribution >= 0.6 is 0 Å². The molecular formula is C16H13F3N4O2. The van der Waals surface area contributed by atoms with Crippen molar-refractivity contribution in [2.24, 2.45) is 0 Å². The standard InChI is InChI=1S/C16H13F3N4O2/c1-25-13(24)15(16(17,18)19,23-14-20-7-4-8-21-14)11-9-22-12-6-3-2-5-10(11)12/h2-9,22H,1H3,(H,20,21,23)/t15-/m0/s1. The van der Waals surface area contributed by atoms with Crippen molar-refractivity contribution in [3.8, 4) is 0 Å². The van der Waals surface area contributed by atoms with Gasteiger partial charge in [0.25, 0.3) is 5.54 Å². The van der Waals surface area contributed by atoms with Crippen molar-refractivity contribution in [3.63, 3.8) is 0 Å². The van der Waals surface area contributed by atoms with Gasteiger partial charge in [-0.05, 0) is 12.1 Å². The minimum absolute atomic E-state index is 0.230. The van der Waals surface area contributed by atoms with Gasteiger partial charge in [-0.15, -0.1) is 0 Å². The maximum atomic E-state index is 14.2. The Kier molecular flexibility index (Phi) is 4.07. The molecule has 6 nitrogen and oxygen atoms in total. The van der Waals surface area contributed by atoms with E-state index >= 15 is 0 Å². The Bertz CT molecular complexity index is 895. The summed E-state index contributed by atoms with van der Waals surface area (Å²) in [5, 5.41) is 2.37. The van der Waals surface area contributed by atoms with Gasteiger partial charge in [-0.3, -0.25) is 0 Å². The Hall–Kier alpha value is -3.10. The van der Waals surface area contributed by atoms with Crippen LogP contribution in [0.3, 0.4) is 0 Å². The monoisotopic (exact) mass is 350 g/mol. The van der Waals surface area contributed by atoms with Crippen LogP contribution in [0.5, 0.6) is 0 Å². The van der Waals surface area contributed by atoms with E-state index in [1.165, 1.54) is 24.5 Å². The molecule has 2 aromatic heterocycles. The molecule has 1 aromatic carbocycles. The van der Waals surface area contributed by atoms with Gasteiger partial charge < -0.3 is 15.0 Å².